The van der Waals surface area contributed by atoms with Gasteiger partial charge < -0.3 is 9.64 Å². The molecular weight excluding hydrogens is 233 g/mol. The van der Waals surface area contributed by atoms with Crippen LogP contribution in [0.3, 0.4) is 0 Å². The highest BCUT2D eigenvalue weighted by atomic mass is 19.2. The quantitative estimate of drug-likeness (QED) is 0.710. The normalized spacial score (nSPS) is 25.1. The van der Waals surface area contributed by atoms with Crippen molar-refractivity contribution in [2.24, 2.45) is 0 Å². The van der Waals surface area contributed by atoms with Gasteiger partial charge in [0.15, 0.2) is 17.5 Å². The lowest BCUT2D eigenvalue weighted by atomic mass is 10.2. The van der Waals surface area contributed by atoms with Crippen molar-refractivity contribution in [3.63, 3.8) is 0 Å². The molecule has 0 spiro atoms. The third kappa shape index (κ3) is 2.52. The molecule has 0 aliphatic carbocycles. The minimum atomic E-state index is -1.28. The van der Waals surface area contributed by atoms with Crippen LogP contribution < -0.4 is 4.90 Å². The van der Waals surface area contributed by atoms with Gasteiger partial charge >= 0.3 is 0 Å². The van der Waals surface area contributed by atoms with E-state index in [0.29, 0.717) is 19.2 Å². The zero-order valence-electron chi connectivity index (χ0n) is 9.58. The molecule has 17 heavy (non-hydrogen) atoms. The summed E-state index contributed by atoms with van der Waals surface area (Å²) < 4.78 is 44.7. The van der Waals surface area contributed by atoms with Crippen LogP contribution in [0.15, 0.2) is 6.07 Å². The monoisotopic (exact) mass is 246 g/mol. The van der Waals surface area contributed by atoms with Gasteiger partial charge in [0.05, 0.1) is 12.2 Å². The molecule has 0 bridgehead atoms. The molecule has 3 nitrogen and oxygen atoms in total. The van der Waals surface area contributed by atoms with Gasteiger partial charge in [-0.1, -0.05) is 0 Å². The Morgan fingerprint density at radius 3 is 2.35 bits per heavy atom. The zero-order valence-corrected chi connectivity index (χ0v) is 9.58. The summed E-state index contributed by atoms with van der Waals surface area (Å²) in [5, 5.41) is 0. The van der Waals surface area contributed by atoms with Crippen molar-refractivity contribution >= 4 is 5.82 Å². The first-order valence-electron chi connectivity index (χ1n) is 5.39. The standard InChI is InChI=1S/C11H13F3N2O/c1-6-4-16(5-7(2)17-6)11-9(13)3-8(12)10(14)15-11/h3,6-7H,4-5H2,1-2H3/t6-,7+. The van der Waals surface area contributed by atoms with Gasteiger partial charge in [-0.25, -0.2) is 8.78 Å². The van der Waals surface area contributed by atoms with Crippen LogP contribution in [0.5, 0.6) is 0 Å². The second kappa shape index (κ2) is 4.52. The number of aromatic nitrogens is 1. The number of halogens is 3. The van der Waals surface area contributed by atoms with Crippen LogP contribution >= 0.6 is 0 Å². The van der Waals surface area contributed by atoms with E-state index in [4.69, 9.17) is 4.74 Å². The van der Waals surface area contributed by atoms with Gasteiger partial charge in [-0.15, -0.1) is 0 Å². The molecule has 94 valence electrons. The van der Waals surface area contributed by atoms with Crippen LogP contribution in [0.1, 0.15) is 13.8 Å². The summed E-state index contributed by atoms with van der Waals surface area (Å²) >= 11 is 0. The molecule has 1 aliphatic heterocycles. The summed E-state index contributed by atoms with van der Waals surface area (Å²) in [6.45, 7) is 4.47. The Bertz CT molecular complexity index is 417. The fourth-order valence-electron chi connectivity index (χ4n) is 2.01. The summed E-state index contributed by atoms with van der Waals surface area (Å²) in [4.78, 5) is 4.88. The molecule has 2 rings (SSSR count). The lowest BCUT2D eigenvalue weighted by Crippen LogP contribution is -2.46. The van der Waals surface area contributed by atoms with Crippen molar-refractivity contribution in [2.75, 3.05) is 18.0 Å². The molecule has 1 aliphatic rings. The number of hydrogen-bond donors (Lipinski definition) is 0. The molecule has 2 heterocycles. The van der Waals surface area contributed by atoms with Gasteiger partial charge in [0.25, 0.3) is 5.95 Å². The average Bonchev–Trinajstić information content (AvgIpc) is 2.22. The van der Waals surface area contributed by atoms with E-state index in [9.17, 15) is 13.2 Å². The van der Waals surface area contributed by atoms with Crippen LogP contribution in [-0.4, -0.2) is 30.3 Å². The zero-order chi connectivity index (χ0) is 12.6. The van der Waals surface area contributed by atoms with E-state index in [0.717, 1.165) is 0 Å². The predicted octanol–water partition coefficient (Wildman–Crippen LogP) is 2.11. The number of pyridine rings is 1. The first-order valence-corrected chi connectivity index (χ1v) is 5.39. The van der Waals surface area contributed by atoms with E-state index in [1.807, 2.05) is 13.8 Å². The molecule has 1 fully saturated rings. The number of nitrogens with zero attached hydrogens (tertiary/aromatic N) is 2. The van der Waals surface area contributed by atoms with Crippen LogP contribution in [0, 0.1) is 17.6 Å². The van der Waals surface area contributed by atoms with E-state index < -0.39 is 17.6 Å². The molecule has 0 saturated carbocycles. The lowest BCUT2D eigenvalue weighted by Gasteiger charge is -2.36. The summed E-state index contributed by atoms with van der Waals surface area (Å²) in [7, 11) is 0. The Labute approximate surface area is 97.2 Å². The maximum absolute atomic E-state index is 13.5. The highest BCUT2D eigenvalue weighted by Gasteiger charge is 2.26. The van der Waals surface area contributed by atoms with Crippen LogP contribution in [0.25, 0.3) is 0 Å². The maximum Gasteiger partial charge on any atom is 0.251 e. The van der Waals surface area contributed by atoms with Gasteiger partial charge in [0, 0.05) is 19.2 Å². The van der Waals surface area contributed by atoms with Crippen LogP contribution in [0.4, 0.5) is 19.0 Å². The maximum atomic E-state index is 13.5. The number of morpholine rings is 1. The van der Waals surface area contributed by atoms with E-state index in [1.165, 1.54) is 0 Å². The molecular formula is C11H13F3N2O. The number of hydrogen-bond acceptors (Lipinski definition) is 3. The van der Waals surface area contributed by atoms with Crippen LogP contribution in [0.2, 0.25) is 0 Å². The number of rotatable bonds is 1. The Balaban J connectivity index is 2.30. The predicted molar refractivity (Wildman–Crippen MR) is 56.3 cm³/mol. The molecule has 1 saturated heterocycles. The average molecular weight is 246 g/mol. The number of anilines is 1. The SMILES string of the molecule is C[C@@H]1CN(c2nc(F)c(F)cc2F)C[C@H](C)O1. The summed E-state index contributed by atoms with van der Waals surface area (Å²) in [6.07, 6.45) is -0.207. The molecule has 0 amide bonds. The van der Waals surface area contributed by atoms with Gasteiger partial charge in [-0.3, -0.25) is 0 Å². The molecule has 1 aromatic rings. The van der Waals surface area contributed by atoms with Crippen molar-refractivity contribution in [1.82, 2.24) is 4.98 Å². The van der Waals surface area contributed by atoms with Crippen molar-refractivity contribution in [3.8, 4) is 0 Å². The minimum Gasteiger partial charge on any atom is -0.372 e. The van der Waals surface area contributed by atoms with Crippen molar-refractivity contribution in [3.05, 3.63) is 23.6 Å². The summed E-state index contributed by atoms with van der Waals surface area (Å²) in [5.41, 5.74) is 0. The smallest absolute Gasteiger partial charge is 0.251 e. The van der Waals surface area contributed by atoms with Crippen LogP contribution in [-0.2, 0) is 4.74 Å². The van der Waals surface area contributed by atoms with E-state index in [1.54, 1.807) is 4.90 Å². The van der Waals surface area contributed by atoms with Crippen molar-refractivity contribution in [2.45, 2.75) is 26.1 Å². The Morgan fingerprint density at radius 2 is 1.76 bits per heavy atom. The van der Waals surface area contributed by atoms with Gasteiger partial charge in [0.1, 0.15) is 0 Å². The van der Waals surface area contributed by atoms with Crippen molar-refractivity contribution in [1.29, 1.82) is 0 Å². The highest BCUT2D eigenvalue weighted by Crippen LogP contribution is 2.22. The van der Waals surface area contributed by atoms with Gasteiger partial charge in [0.2, 0.25) is 0 Å². The minimum absolute atomic E-state index is 0.104. The second-order valence-electron chi connectivity index (χ2n) is 4.23. The Morgan fingerprint density at radius 1 is 1.18 bits per heavy atom. The highest BCUT2D eigenvalue weighted by molar-refractivity contribution is 5.41. The Hall–Kier alpha value is -1.30. The summed E-state index contributed by atoms with van der Waals surface area (Å²) in [6, 6.07) is 0.516. The van der Waals surface area contributed by atoms with E-state index in [2.05, 4.69) is 4.98 Å². The topological polar surface area (TPSA) is 25.4 Å². The lowest BCUT2D eigenvalue weighted by molar-refractivity contribution is -0.00571. The second-order valence-corrected chi connectivity index (χ2v) is 4.23. The molecule has 0 N–H and O–H groups in total. The third-order valence-electron chi connectivity index (χ3n) is 2.59. The third-order valence-corrected chi connectivity index (χ3v) is 2.59. The molecule has 0 radical (unpaired) electrons. The van der Waals surface area contributed by atoms with Gasteiger partial charge in [-0.05, 0) is 13.8 Å². The van der Waals surface area contributed by atoms with Gasteiger partial charge in [-0.2, -0.15) is 9.37 Å². The van der Waals surface area contributed by atoms with Crippen molar-refractivity contribution < 1.29 is 17.9 Å². The molecule has 0 unspecified atom stereocenters. The fraction of sp³-hybridized carbons (Fsp3) is 0.545. The first kappa shape index (κ1) is 12.2. The molecule has 1 aromatic heterocycles. The van der Waals surface area contributed by atoms with E-state index >= 15 is 0 Å². The molecule has 2 atom stereocenters. The largest absolute Gasteiger partial charge is 0.372 e. The molecule has 0 aromatic carbocycles. The van der Waals surface area contributed by atoms with E-state index in [-0.39, 0.29) is 18.0 Å². The molecule has 6 heteroatoms. The fourth-order valence-corrected chi connectivity index (χ4v) is 2.01. The summed E-state index contributed by atoms with van der Waals surface area (Å²) in [5.74, 6) is -3.58. The first-order chi connectivity index (χ1) is 7.97. The Kier molecular flexibility index (Phi) is 3.24. The number of ether oxygens (including phenoxy) is 1.